The number of anilines is 2. The van der Waals surface area contributed by atoms with Crippen LogP contribution in [0.4, 0.5) is 15.8 Å². The average Bonchev–Trinajstić information content (AvgIpc) is 3.78. The van der Waals surface area contributed by atoms with E-state index in [-0.39, 0.29) is 23.4 Å². The highest BCUT2D eigenvalue weighted by atomic mass is 19.1. The molecule has 4 aromatic rings. The average molecular weight is 567 g/mol. The third-order valence-corrected chi connectivity index (χ3v) is 6.95. The van der Waals surface area contributed by atoms with Gasteiger partial charge in [0.05, 0.1) is 16.6 Å². The Morgan fingerprint density at radius 2 is 1.67 bits per heavy atom. The molecule has 2 amide bonds. The Labute approximate surface area is 242 Å². The zero-order valence-electron chi connectivity index (χ0n) is 23.5. The zero-order chi connectivity index (χ0) is 29.9. The lowest BCUT2D eigenvalue weighted by Gasteiger charge is -2.16. The second kappa shape index (κ2) is 11.8. The molecular weight excluding hydrogens is 535 g/mol. The fourth-order valence-electron chi connectivity index (χ4n) is 4.31. The van der Waals surface area contributed by atoms with E-state index in [1.54, 1.807) is 42.9 Å². The van der Waals surface area contributed by atoms with E-state index in [0.29, 0.717) is 46.4 Å². The number of carbonyl (C=O) groups excluding carboxylic acids is 2. The highest BCUT2D eigenvalue weighted by Crippen LogP contribution is 2.47. The van der Waals surface area contributed by atoms with Gasteiger partial charge in [-0.15, -0.1) is 0 Å². The molecule has 0 saturated heterocycles. The van der Waals surface area contributed by atoms with Gasteiger partial charge >= 0.3 is 0 Å². The Morgan fingerprint density at radius 1 is 0.976 bits per heavy atom. The van der Waals surface area contributed by atoms with Crippen molar-refractivity contribution in [1.29, 1.82) is 5.41 Å². The van der Waals surface area contributed by atoms with Crippen LogP contribution in [0.25, 0.3) is 16.5 Å². The van der Waals surface area contributed by atoms with Gasteiger partial charge in [-0.05, 0) is 70.0 Å². The molecule has 0 radical (unpaired) electrons. The Kier molecular flexibility index (Phi) is 7.97. The van der Waals surface area contributed by atoms with Crippen LogP contribution < -0.4 is 20.7 Å². The Balaban J connectivity index is 1.29. The molecule has 4 N–H and O–H groups in total. The first-order valence-corrected chi connectivity index (χ1v) is 13.6. The summed E-state index contributed by atoms with van der Waals surface area (Å²) < 4.78 is 21.0. The van der Waals surface area contributed by atoms with Crippen molar-refractivity contribution >= 4 is 45.9 Å². The van der Waals surface area contributed by atoms with Crippen LogP contribution in [0.1, 0.15) is 37.9 Å². The molecule has 1 fully saturated rings. The van der Waals surface area contributed by atoms with Crippen molar-refractivity contribution < 1.29 is 18.7 Å². The van der Waals surface area contributed by atoms with Crippen LogP contribution in [0.2, 0.25) is 0 Å². The fraction of sp³-hybridized carbons (Fsp3) is 0.219. The highest BCUT2D eigenvalue weighted by molar-refractivity contribution is 6.17. The first-order valence-electron chi connectivity index (χ1n) is 13.6. The van der Waals surface area contributed by atoms with Gasteiger partial charge in [-0.25, -0.2) is 4.39 Å². The first-order chi connectivity index (χ1) is 20.2. The monoisotopic (exact) mass is 566 g/mol. The molecule has 0 spiro atoms. The Bertz CT molecular complexity index is 1700. The maximum absolute atomic E-state index is 15.1. The van der Waals surface area contributed by atoms with E-state index < -0.39 is 17.1 Å². The molecule has 1 saturated carbocycles. The normalized spacial score (nSPS) is 13.9. The SMILES string of the molecule is Cc1ccc(NC(=O)C2(C(=O)Nc3ccc(Oc4ccnc5cc(/C(C=N)=C/NC(C)C)ncc45)c(F)c3)CC2)cc1. The lowest BCUT2D eigenvalue weighted by Crippen LogP contribution is -2.35. The van der Waals surface area contributed by atoms with Gasteiger partial charge in [0.15, 0.2) is 11.6 Å². The number of fused-ring (bicyclic) bond motifs is 1. The molecule has 2 aromatic carbocycles. The van der Waals surface area contributed by atoms with Crippen LogP contribution in [0.3, 0.4) is 0 Å². The molecule has 42 heavy (non-hydrogen) atoms. The van der Waals surface area contributed by atoms with Gasteiger partial charge in [0.1, 0.15) is 11.2 Å². The standard InChI is InChI=1S/C32H31FN6O3/c1-19(2)36-17-21(16-34)26-15-27-24(18-37-26)28(10-13-35-27)42-29-9-8-23(14-25(29)33)39-31(41)32(11-12-32)30(40)38-22-6-4-20(3)5-7-22/h4-10,13-19,34,36H,11-12H2,1-3H3,(H,38,40)(H,39,41)/b21-17+,34-16?. The van der Waals surface area contributed by atoms with E-state index in [0.717, 1.165) is 11.6 Å². The molecule has 1 aliphatic carbocycles. The summed E-state index contributed by atoms with van der Waals surface area (Å²) in [6.07, 6.45) is 6.88. The quantitative estimate of drug-likeness (QED) is 0.133. The first kappa shape index (κ1) is 28.4. The van der Waals surface area contributed by atoms with Crippen LogP contribution in [-0.4, -0.2) is 34.0 Å². The van der Waals surface area contributed by atoms with Gasteiger partial charge in [0.2, 0.25) is 11.8 Å². The molecule has 0 atom stereocenters. The van der Waals surface area contributed by atoms with Crippen LogP contribution in [-0.2, 0) is 9.59 Å². The minimum Gasteiger partial charge on any atom is -0.453 e. The zero-order valence-corrected chi connectivity index (χ0v) is 23.5. The van der Waals surface area contributed by atoms with Crippen molar-refractivity contribution in [2.24, 2.45) is 5.41 Å². The van der Waals surface area contributed by atoms with Gasteiger partial charge < -0.3 is 26.1 Å². The number of aryl methyl sites for hydroxylation is 1. The van der Waals surface area contributed by atoms with Crippen LogP contribution in [0.15, 0.2) is 73.2 Å². The van der Waals surface area contributed by atoms with Gasteiger partial charge in [-0.2, -0.15) is 0 Å². The van der Waals surface area contributed by atoms with Crippen molar-refractivity contribution in [2.75, 3.05) is 10.6 Å². The molecule has 9 nitrogen and oxygen atoms in total. The van der Waals surface area contributed by atoms with E-state index in [2.05, 4.69) is 25.9 Å². The summed E-state index contributed by atoms with van der Waals surface area (Å²) >= 11 is 0. The molecule has 10 heteroatoms. The molecule has 0 unspecified atom stereocenters. The van der Waals surface area contributed by atoms with Crippen molar-refractivity contribution in [3.8, 4) is 11.5 Å². The summed E-state index contributed by atoms with van der Waals surface area (Å²) in [7, 11) is 0. The van der Waals surface area contributed by atoms with E-state index in [4.69, 9.17) is 10.1 Å². The number of nitrogens with zero attached hydrogens (tertiary/aromatic N) is 2. The maximum Gasteiger partial charge on any atom is 0.240 e. The summed E-state index contributed by atoms with van der Waals surface area (Å²) in [5, 5.41) is 16.9. The predicted octanol–water partition coefficient (Wildman–Crippen LogP) is 6.22. The van der Waals surface area contributed by atoms with E-state index in [1.165, 1.54) is 18.3 Å². The van der Waals surface area contributed by atoms with Crippen LogP contribution in [0, 0.1) is 23.6 Å². The van der Waals surface area contributed by atoms with Gasteiger partial charge in [0, 0.05) is 53.9 Å². The third kappa shape index (κ3) is 6.12. The summed E-state index contributed by atoms with van der Waals surface area (Å²) in [6.45, 7) is 5.93. The molecule has 2 aromatic heterocycles. The smallest absolute Gasteiger partial charge is 0.240 e. The molecule has 214 valence electrons. The van der Waals surface area contributed by atoms with Gasteiger partial charge in [0.25, 0.3) is 0 Å². The molecular formula is C32H31FN6O3. The largest absolute Gasteiger partial charge is 0.453 e. The number of hydrogen-bond acceptors (Lipinski definition) is 7. The number of aromatic nitrogens is 2. The molecule has 5 rings (SSSR count). The minimum atomic E-state index is -1.18. The highest BCUT2D eigenvalue weighted by Gasteiger charge is 2.56. The lowest BCUT2D eigenvalue weighted by molar-refractivity contribution is -0.131. The second-order valence-electron chi connectivity index (χ2n) is 10.6. The number of carbonyl (C=O) groups is 2. The number of rotatable bonds is 10. The number of pyridine rings is 2. The fourth-order valence-corrected chi connectivity index (χ4v) is 4.31. The summed E-state index contributed by atoms with van der Waals surface area (Å²) in [5.74, 6) is -1.26. The summed E-state index contributed by atoms with van der Waals surface area (Å²) in [5.41, 5.74) is 2.41. The van der Waals surface area contributed by atoms with E-state index in [9.17, 15) is 9.59 Å². The summed E-state index contributed by atoms with van der Waals surface area (Å²) in [4.78, 5) is 34.7. The maximum atomic E-state index is 15.1. The number of ether oxygens (including phenoxy) is 1. The lowest BCUT2D eigenvalue weighted by atomic mass is 10.0. The van der Waals surface area contributed by atoms with Crippen molar-refractivity contribution in [3.63, 3.8) is 0 Å². The molecule has 0 bridgehead atoms. The third-order valence-electron chi connectivity index (χ3n) is 6.95. The number of allylic oxidation sites excluding steroid dienone is 1. The second-order valence-corrected chi connectivity index (χ2v) is 10.6. The van der Waals surface area contributed by atoms with Crippen molar-refractivity contribution in [2.45, 2.75) is 39.7 Å². The topological polar surface area (TPSA) is 129 Å². The molecule has 0 aliphatic heterocycles. The number of hydrogen-bond donors (Lipinski definition) is 4. The number of amides is 2. The van der Waals surface area contributed by atoms with Crippen molar-refractivity contribution in [3.05, 3.63) is 90.3 Å². The Hall–Kier alpha value is -5.12. The molecule has 1 aliphatic rings. The minimum absolute atomic E-state index is 0.0518. The van der Waals surface area contributed by atoms with Crippen LogP contribution in [0.5, 0.6) is 11.5 Å². The van der Waals surface area contributed by atoms with E-state index in [1.807, 2.05) is 32.9 Å². The summed E-state index contributed by atoms with van der Waals surface area (Å²) in [6, 6.07) is 15.0. The number of benzene rings is 2. The Morgan fingerprint density at radius 3 is 2.31 bits per heavy atom. The van der Waals surface area contributed by atoms with Gasteiger partial charge in [-0.1, -0.05) is 17.7 Å². The van der Waals surface area contributed by atoms with Gasteiger partial charge in [-0.3, -0.25) is 19.6 Å². The van der Waals surface area contributed by atoms with Crippen LogP contribution >= 0.6 is 0 Å². The number of nitrogens with one attached hydrogen (secondary N) is 4. The van der Waals surface area contributed by atoms with E-state index >= 15 is 4.39 Å². The predicted molar refractivity (Wildman–Crippen MR) is 161 cm³/mol. The molecule has 2 heterocycles. The van der Waals surface area contributed by atoms with Crippen molar-refractivity contribution in [1.82, 2.24) is 15.3 Å². The number of halogens is 1.